The van der Waals surface area contributed by atoms with Gasteiger partial charge in [0, 0.05) is 50.9 Å². The molecule has 1 N–H and O–H groups in total. The number of nitrogens with one attached hydrogen (secondary N) is 1. The topological polar surface area (TPSA) is 61.4 Å². The first-order valence-electron chi connectivity index (χ1n) is 10.8. The number of carbonyl (C=O) groups excluding carboxylic acids is 1. The Kier molecular flexibility index (Phi) is 6.03. The van der Waals surface area contributed by atoms with Gasteiger partial charge in [0.05, 0.1) is 11.6 Å². The molecule has 2 saturated heterocycles. The van der Waals surface area contributed by atoms with Gasteiger partial charge in [0.1, 0.15) is 5.82 Å². The Bertz CT molecular complexity index is 639. The van der Waals surface area contributed by atoms with Crippen LogP contribution in [0.3, 0.4) is 0 Å². The maximum Gasteiger partial charge on any atom is 0.224 e. The van der Waals surface area contributed by atoms with Gasteiger partial charge in [0.25, 0.3) is 0 Å². The van der Waals surface area contributed by atoms with Crippen LogP contribution in [0.15, 0.2) is 12.3 Å². The Balaban J connectivity index is 1.25. The summed E-state index contributed by atoms with van der Waals surface area (Å²) in [5.41, 5.74) is 1.13. The quantitative estimate of drug-likeness (QED) is 0.829. The average Bonchev–Trinajstić information content (AvgIpc) is 3.53. The largest absolute Gasteiger partial charge is 0.353 e. The van der Waals surface area contributed by atoms with Crippen molar-refractivity contribution in [3.63, 3.8) is 0 Å². The minimum absolute atomic E-state index is 0.200. The van der Waals surface area contributed by atoms with E-state index in [0.29, 0.717) is 18.0 Å². The molecule has 3 aliphatic rings. The lowest BCUT2D eigenvalue weighted by Crippen LogP contribution is -2.50. The monoisotopic (exact) mass is 371 g/mol. The van der Waals surface area contributed by atoms with Crippen LogP contribution in [0, 0.1) is 5.92 Å². The summed E-state index contributed by atoms with van der Waals surface area (Å²) < 4.78 is 0. The maximum absolute atomic E-state index is 12.4. The fraction of sp³-hybridized carbons (Fsp3) is 0.762. The molecule has 27 heavy (non-hydrogen) atoms. The van der Waals surface area contributed by atoms with Crippen LogP contribution in [0.1, 0.15) is 57.0 Å². The fourth-order valence-electron chi connectivity index (χ4n) is 4.47. The molecule has 0 bridgehead atoms. The highest BCUT2D eigenvalue weighted by Crippen LogP contribution is 2.26. The lowest BCUT2D eigenvalue weighted by Gasteiger charge is -2.42. The van der Waals surface area contributed by atoms with Gasteiger partial charge >= 0.3 is 0 Å². The molecule has 1 amide bonds. The third-order valence-corrected chi connectivity index (χ3v) is 6.29. The van der Waals surface area contributed by atoms with E-state index < -0.39 is 0 Å². The third-order valence-electron chi connectivity index (χ3n) is 6.29. The predicted octanol–water partition coefficient (Wildman–Crippen LogP) is 1.99. The zero-order valence-electron chi connectivity index (χ0n) is 16.6. The van der Waals surface area contributed by atoms with Crippen LogP contribution in [0.4, 0.5) is 0 Å². The highest BCUT2D eigenvalue weighted by molar-refractivity contribution is 5.79. The number of piperidine rings is 2. The third kappa shape index (κ3) is 5.05. The number of hydrogen-bond acceptors (Lipinski definition) is 5. The molecule has 0 unspecified atom stereocenters. The number of likely N-dealkylation sites (tertiary alicyclic amines) is 2. The van der Waals surface area contributed by atoms with Gasteiger partial charge in [-0.25, -0.2) is 9.97 Å². The molecule has 3 heterocycles. The van der Waals surface area contributed by atoms with Crippen molar-refractivity contribution >= 4 is 5.91 Å². The number of aryl methyl sites for hydroxylation is 1. The molecule has 1 atom stereocenters. The Morgan fingerprint density at radius 2 is 2.00 bits per heavy atom. The Morgan fingerprint density at radius 1 is 1.19 bits per heavy atom. The summed E-state index contributed by atoms with van der Waals surface area (Å²) in [4.78, 5) is 26.5. The maximum atomic E-state index is 12.4. The molecular weight excluding hydrogens is 338 g/mol. The molecule has 6 heteroatoms. The fourth-order valence-corrected chi connectivity index (χ4v) is 4.47. The van der Waals surface area contributed by atoms with Crippen LogP contribution in [0.2, 0.25) is 0 Å². The first kappa shape index (κ1) is 18.8. The van der Waals surface area contributed by atoms with Crippen molar-refractivity contribution in [2.75, 3.05) is 26.2 Å². The number of rotatable bonds is 6. The standard InChI is InChI=1S/C21H33N5O/c1-2-20-22-10-7-18(23-20)15-25-12-8-19(9-13-25)26-11-3-4-16(14-26)21(27)24-17-5-6-17/h7,10,16-17,19H,2-6,8-9,11-15H2,1H3,(H,24,27)/t16-/m1/s1. The summed E-state index contributed by atoms with van der Waals surface area (Å²) in [6.07, 6.45) is 9.73. The highest BCUT2D eigenvalue weighted by atomic mass is 16.2. The molecule has 1 aromatic rings. The van der Waals surface area contributed by atoms with Crippen LogP contribution in [-0.2, 0) is 17.8 Å². The zero-order chi connectivity index (χ0) is 18.6. The van der Waals surface area contributed by atoms with E-state index in [1.165, 1.54) is 25.7 Å². The highest BCUT2D eigenvalue weighted by Gasteiger charge is 2.33. The van der Waals surface area contributed by atoms with E-state index in [1.54, 1.807) is 0 Å². The van der Waals surface area contributed by atoms with Gasteiger partial charge in [0.15, 0.2) is 0 Å². The minimum Gasteiger partial charge on any atom is -0.353 e. The smallest absolute Gasteiger partial charge is 0.224 e. The van der Waals surface area contributed by atoms with Gasteiger partial charge in [-0.2, -0.15) is 0 Å². The summed E-state index contributed by atoms with van der Waals surface area (Å²) in [5, 5.41) is 3.20. The van der Waals surface area contributed by atoms with E-state index in [0.717, 1.165) is 63.5 Å². The molecule has 4 rings (SSSR count). The lowest BCUT2D eigenvalue weighted by atomic mass is 9.93. The molecule has 1 saturated carbocycles. The molecule has 3 fully saturated rings. The van der Waals surface area contributed by atoms with Crippen LogP contribution >= 0.6 is 0 Å². The van der Waals surface area contributed by atoms with Crippen LogP contribution in [-0.4, -0.2) is 63.9 Å². The van der Waals surface area contributed by atoms with E-state index in [4.69, 9.17) is 0 Å². The van der Waals surface area contributed by atoms with Gasteiger partial charge in [0.2, 0.25) is 5.91 Å². The number of amides is 1. The number of hydrogen-bond donors (Lipinski definition) is 1. The van der Waals surface area contributed by atoms with E-state index >= 15 is 0 Å². The molecule has 2 aliphatic heterocycles. The van der Waals surface area contributed by atoms with E-state index in [9.17, 15) is 4.79 Å². The first-order chi connectivity index (χ1) is 13.2. The van der Waals surface area contributed by atoms with Crippen molar-refractivity contribution in [2.45, 2.75) is 70.5 Å². The molecule has 0 radical (unpaired) electrons. The number of aromatic nitrogens is 2. The SMILES string of the molecule is CCc1nccc(CN2CCC(N3CCC[C@@H](C(=O)NC4CC4)C3)CC2)n1. The number of nitrogens with zero attached hydrogens (tertiary/aromatic N) is 4. The first-order valence-corrected chi connectivity index (χ1v) is 10.8. The van der Waals surface area contributed by atoms with Crippen molar-refractivity contribution in [3.05, 3.63) is 23.8 Å². The van der Waals surface area contributed by atoms with Crippen molar-refractivity contribution in [3.8, 4) is 0 Å². The van der Waals surface area contributed by atoms with Crippen LogP contribution in [0.25, 0.3) is 0 Å². The molecule has 1 aromatic heterocycles. The van der Waals surface area contributed by atoms with Crippen molar-refractivity contribution in [2.24, 2.45) is 5.92 Å². The van der Waals surface area contributed by atoms with E-state index in [2.05, 4.69) is 32.0 Å². The Hall–Kier alpha value is -1.53. The van der Waals surface area contributed by atoms with Gasteiger partial charge in [-0.3, -0.25) is 14.6 Å². The van der Waals surface area contributed by atoms with Crippen LogP contribution < -0.4 is 5.32 Å². The second-order valence-corrected chi connectivity index (χ2v) is 8.44. The molecule has 148 valence electrons. The normalized spacial score (nSPS) is 25.4. The molecule has 6 nitrogen and oxygen atoms in total. The van der Waals surface area contributed by atoms with Crippen molar-refractivity contribution < 1.29 is 4.79 Å². The summed E-state index contributed by atoms with van der Waals surface area (Å²) in [5.74, 6) is 1.44. The van der Waals surface area contributed by atoms with Gasteiger partial charge in [-0.1, -0.05) is 6.92 Å². The second-order valence-electron chi connectivity index (χ2n) is 8.44. The predicted molar refractivity (Wildman–Crippen MR) is 105 cm³/mol. The molecule has 0 spiro atoms. The summed E-state index contributed by atoms with van der Waals surface area (Å²) in [6, 6.07) is 3.15. The summed E-state index contributed by atoms with van der Waals surface area (Å²) in [7, 11) is 0. The molecule has 1 aliphatic carbocycles. The molecule has 0 aromatic carbocycles. The van der Waals surface area contributed by atoms with Crippen molar-refractivity contribution in [1.82, 2.24) is 25.1 Å². The van der Waals surface area contributed by atoms with E-state index in [1.807, 2.05) is 12.3 Å². The van der Waals surface area contributed by atoms with Crippen LogP contribution in [0.5, 0.6) is 0 Å². The Labute approximate surface area is 162 Å². The van der Waals surface area contributed by atoms with Gasteiger partial charge < -0.3 is 5.32 Å². The van der Waals surface area contributed by atoms with Crippen molar-refractivity contribution in [1.29, 1.82) is 0 Å². The second kappa shape index (κ2) is 8.65. The van der Waals surface area contributed by atoms with Gasteiger partial charge in [-0.05, 0) is 51.1 Å². The zero-order valence-corrected chi connectivity index (χ0v) is 16.6. The number of carbonyl (C=O) groups is 1. The van der Waals surface area contributed by atoms with E-state index in [-0.39, 0.29) is 5.92 Å². The minimum atomic E-state index is 0.200. The van der Waals surface area contributed by atoms with Gasteiger partial charge in [-0.15, -0.1) is 0 Å². The average molecular weight is 372 g/mol. The summed E-state index contributed by atoms with van der Waals surface area (Å²) >= 11 is 0. The lowest BCUT2D eigenvalue weighted by molar-refractivity contribution is -0.127. The molecular formula is C21H33N5O. The Morgan fingerprint density at radius 3 is 2.74 bits per heavy atom. The summed E-state index contributed by atoms with van der Waals surface area (Å²) in [6.45, 7) is 7.37.